The van der Waals surface area contributed by atoms with Crippen molar-refractivity contribution in [1.82, 2.24) is 9.97 Å². The van der Waals surface area contributed by atoms with Crippen LogP contribution in [0, 0.1) is 0 Å². The molecule has 0 unspecified atom stereocenters. The standard InChI is InChI=1S/C21H23N3O3S/c1-26-17-12-16-19(13-18(17)27-2)28-21(24-16)7-4-3-6-15-8-9-20(23-14-15)22-10-5-11-25/h3-4,6-9,12-14,25H,5,10-11H2,1-2H3,(H,22,23). The van der Waals surface area contributed by atoms with E-state index in [9.17, 15) is 0 Å². The molecular formula is C21H23N3O3S. The van der Waals surface area contributed by atoms with Gasteiger partial charge in [-0.25, -0.2) is 9.97 Å². The molecule has 2 heterocycles. The lowest BCUT2D eigenvalue weighted by Gasteiger charge is -2.05. The molecule has 0 spiro atoms. The lowest BCUT2D eigenvalue weighted by molar-refractivity contribution is 0.292. The van der Waals surface area contributed by atoms with Crippen LogP contribution in [0.1, 0.15) is 17.0 Å². The number of anilines is 1. The number of allylic oxidation sites excluding steroid dienone is 2. The fraction of sp³-hybridized carbons (Fsp3) is 0.238. The monoisotopic (exact) mass is 397 g/mol. The number of nitrogens with one attached hydrogen (secondary N) is 1. The molecule has 0 aliphatic carbocycles. The van der Waals surface area contributed by atoms with Gasteiger partial charge in [0.2, 0.25) is 0 Å². The zero-order chi connectivity index (χ0) is 19.8. The molecule has 3 aromatic rings. The van der Waals surface area contributed by atoms with Crippen LogP contribution in [0.15, 0.2) is 42.6 Å². The van der Waals surface area contributed by atoms with Crippen LogP contribution in [0.2, 0.25) is 0 Å². The number of aromatic nitrogens is 2. The minimum absolute atomic E-state index is 0.176. The van der Waals surface area contributed by atoms with E-state index in [1.54, 1.807) is 25.6 Å². The van der Waals surface area contributed by atoms with E-state index in [1.165, 1.54) is 0 Å². The van der Waals surface area contributed by atoms with Gasteiger partial charge < -0.3 is 19.9 Å². The SMILES string of the molecule is COc1cc2nc(C=CC=Cc3ccc(NCCCO)nc3)sc2cc1OC. The van der Waals surface area contributed by atoms with Gasteiger partial charge in [0.1, 0.15) is 10.8 Å². The lowest BCUT2D eigenvalue weighted by atomic mass is 10.2. The Bertz CT molecular complexity index is 924. The van der Waals surface area contributed by atoms with E-state index in [0.717, 1.165) is 26.6 Å². The molecule has 2 N–H and O–H groups in total. The topological polar surface area (TPSA) is 76.5 Å². The highest BCUT2D eigenvalue weighted by molar-refractivity contribution is 7.19. The number of nitrogens with zero attached hydrogens (tertiary/aromatic N) is 2. The molecule has 7 heteroatoms. The zero-order valence-electron chi connectivity index (χ0n) is 15.9. The second-order valence-electron chi connectivity index (χ2n) is 5.93. The number of thiazole rings is 1. The van der Waals surface area contributed by atoms with Gasteiger partial charge in [-0.15, -0.1) is 11.3 Å². The van der Waals surface area contributed by atoms with Gasteiger partial charge in [-0.05, 0) is 30.2 Å². The van der Waals surface area contributed by atoms with Gasteiger partial charge >= 0.3 is 0 Å². The minimum atomic E-state index is 0.176. The highest BCUT2D eigenvalue weighted by Crippen LogP contribution is 2.34. The zero-order valence-corrected chi connectivity index (χ0v) is 16.7. The van der Waals surface area contributed by atoms with Gasteiger partial charge in [0.25, 0.3) is 0 Å². The van der Waals surface area contributed by atoms with E-state index in [0.29, 0.717) is 24.5 Å². The molecule has 0 aliphatic heterocycles. The molecule has 2 aromatic heterocycles. The predicted octanol–water partition coefficient (Wildman–Crippen LogP) is 4.23. The molecule has 6 nitrogen and oxygen atoms in total. The van der Waals surface area contributed by atoms with Crippen molar-refractivity contribution in [2.45, 2.75) is 6.42 Å². The van der Waals surface area contributed by atoms with Crippen LogP contribution in [0.3, 0.4) is 0 Å². The summed E-state index contributed by atoms with van der Waals surface area (Å²) in [6.07, 6.45) is 10.4. The van der Waals surface area contributed by atoms with Crippen LogP contribution < -0.4 is 14.8 Å². The van der Waals surface area contributed by atoms with E-state index >= 15 is 0 Å². The van der Waals surface area contributed by atoms with Gasteiger partial charge in [-0.1, -0.05) is 18.2 Å². The second kappa shape index (κ2) is 9.87. The third-order valence-corrected chi connectivity index (χ3v) is 4.96. The van der Waals surface area contributed by atoms with Crippen LogP contribution >= 0.6 is 11.3 Å². The summed E-state index contributed by atoms with van der Waals surface area (Å²) in [6, 6.07) is 7.75. The fourth-order valence-electron chi connectivity index (χ4n) is 2.55. The molecule has 0 aliphatic rings. The number of rotatable bonds is 9. The number of ether oxygens (including phenoxy) is 2. The first kappa shape index (κ1) is 19.9. The summed E-state index contributed by atoms with van der Waals surface area (Å²) in [5.74, 6) is 2.19. The molecular weight excluding hydrogens is 374 g/mol. The van der Waals surface area contributed by atoms with Gasteiger partial charge in [0.05, 0.1) is 24.4 Å². The summed E-state index contributed by atoms with van der Waals surface area (Å²) in [4.78, 5) is 8.96. The molecule has 3 rings (SSSR count). The van der Waals surface area contributed by atoms with Gasteiger partial charge in [0.15, 0.2) is 11.5 Å². The van der Waals surface area contributed by atoms with Crippen molar-refractivity contribution in [3.8, 4) is 11.5 Å². The quantitative estimate of drug-likeness (QED) is 0.416. The molecule has 28 heavy (non-hydrogen) atoms. The first-order chi connectivity index (χ1) is 13.7. The number of aliphatic hydroxyl groups is 1. The first-order valence-corrected chi connectivity index (χ1v) is 9.73. The predicted molar refractivity (Wildman–Crippen MR) is 115 cm³/mol. The Balaban J connectivity index is 1.63. The van der Waals surface area contributed by atoms with Crippen molar-refractivity contribution in [1.29, 1.82) is 0 Å². The summed E-state index contributed by atoms with van der Waals surface area (Å²) in [6.45, 7) is 0.886. The average Bonchev–Trinajstić information content (AvgIpc) is 3.13. The van der Waals surface area contributed by atoms with Crippen molar-refractivity contribution < 1.29 is 14.6 Å². The molecule has 0 bridgehead atoms. The highest BCUT2D eigenvalue weighted by Gasteiger charge is 2.09. The number of hydrogen-bond donors (Lipinski definition) is 2. The number of hydrogen-bond acceptors (Lipinski definition) is 7. The van der Waals surface area contributed by atoms with Crippen LogP contribution in [0.25, 0.3) is 22.4 Å². The third-order valence-electron chi connectivity index (χ3n) is 3.98. The largest absolute Gasteiger partial charge is 0.493 e. The van der Waals surface area contributed by atoms with Crippen molar-refractivity contribution in [2.75, 3.05) is 32.7 Å². The van der Waals surface area contributed by atoms with Gasteiger partial charge in [-0.3, -0.25) is 0 Å². The van der Waals surface area contributed by atoms with E-state index in [4.69, 9.17) is 14.6 Å². The number of fused-ring (bicyclic) bond motifs is 1. The Morgan fingerprint density at radius 2 is 1.89 bits per heavy atom. The summed E-state index contributed by atoms with van der Waals surface area (Å²) >= 11 is 1.60. The van der Waals surface area contributed by atoms with E-state index in [1.807, 2.05) is 54.8 Å². The van der Waals surface area contributed by atoms with Crippen molar-refractivity contribution in [3.05, 3.63) is 53.2 Å². The fourth-order valence-corrected chi connectivity index (χ4v) is 3.44. The minimum Gasteiger partial charge on any atom is -0.493 e. The molecule has 0 amide bonds. The maximum absolute atomic E-state index is 8.79. The Kier molecular flexibility index (Phi) is 7.00. The smallest absolute Gasteiger partial charge is 0.162 e. The lowest BCUT2D eigenvalue weighted by Crippen LogP contribution is -2.04. The summed E-state index contributed by atoms with van der Waals surface area (Å²) in [7, 11) is 3.25. The maximum Gasteiger partial charge on any atom is 0.162 e. The number of methoxy groups -OCH3 is 2. The third kappa shape index (κ3) is 5.09. The average molecular weight is 398 g/mol. The Morgan fingerprint density at radius 1 is 1.11 bits per heavy atom. The van der Waals surface area contributed by atoms with Crippen molar-refractivity contribution >= 4 is 39.5 Å². The Hall–Kier alpha value is -2.90. The molecule has 0 fully saturated rings. The van der Waals surface area contributed by atoms with Crippen molar-refractivity contribution in [2.24, 2.45) is 0 Å². The van der Waals surface area contributed by atoms with Crippen LogP contribution in [-0.2, 0) is 0 Å². The van der Waals surface area contributed by atoms with Crippen LogP contribution in [0.4, 0.5) is 5.82 Å². The highest BCUT2D eigenvalue weighted by atomic mass is 32.1. The summed E-state index contributed by atoms with van der Waals surface area (Å²) in [5, 5.41) is 12.9. The molecule has 0 atom stereocenters. The van der Waals surface area contributed by atoms with Crippen LogP contribution in [0.5, 0.6) is 11.5 Å². The van der Waals surface area contributed by atoms with Crippen molar-refractivity contribution in [3.63, 3.8) is 0 Å². The summed E-state index contributed by atoms with van der Waals surface area (Å²) < 4.78 is 11.7. The normalized spacial score (nSPS) is 11.5. The second-order valence-corrected chi connectivity index (χ2v) is 6.99. The molecule has 0 radical (unpaired) electrons. The Morgan fingerprint density at radius 3 is 2.61 bits per heavy atom. The van der Waals surface area contributed by atoms with Gasteiger partial charge in [0, 0.05) is 31.5 Å². The number of benzene rings is 1. The molecule has 0 saturated heterocycles. The van der Waals surface area contributed by atoms with E-state index < -0.39 is 0 Å². The van der Waals surface area contributed by atoms with E-state index in [-0.39, 0.29) is 6.61 Å². The van der Waals surface area contributed by atoms with Crippen LogP contribution in [-0.4, -0.2) is 42.4 Å². The molecule has 1 aromatic carbocycles. The number of pyridine rings is 1. The van der Waals surface area contributed by atoms with E-state index in [2.05, 4.69) is 15.3 Å². The maximum atomic E-state index is 8.79. The molecule has 146 valence electrons. The molecule has 0 saturated carbocycles. The van der Waals surface area contributed by atoms with Gasteiger partial charge in [-0.2, -0.15) is 0 Å². The summed E-state index contributed by atoms with van der Waals surface area (Å²) in [5.41, 5.74) is 1.90. The number of aliphatic hydroxyl groups excluding tert-OH is 1. The first-order valence-electron chi connectivity index (χ1n) is 8.91. The Labute approximate surface area is 168 Å².